The van der Waals surface area contributed by atoms with Gasteiger partial charge in [-0.05, 0) is 83.9 Å². The van der Waals surface area contributed by atoms with Crippen LogP contribution in [0.4, 0.5) is 0 Å². The highest BCUT2D eigenvalue weighted by molar-refractivity contribution is 7.43. The predicted molar refractivity (Wildman–Crippen MR) is 188 cm³/mol. The molecule has 0 fully saturated rings. The summed E-state index contributed by atoms with van der Waals surface area (Å²) in [6, 6.07) is 54.1. The maximum Gasteiger partial charge on any atom is 0.530 e. The van der Waals surface area contributed by atoms with Crippen LogP contribution in [0, 0.1) is 0 Å². The van der Waals surface area contributed by atoms with Crippen LogP contribution in [0.2, 0.25) is 0 Å². The van der Waals surface area contributed by atoms with Crippen molar-refractivity contribution < 1.29 is 27.1 Å². The van der Waals surface area contributed by atoms with E-state index in [1.807, 2.05) is 146 Å². The molecule has 0 heterocycles. The van der Waals surface area contributed by atoms with Gasteiger partial charge < -0.3 is 27.1 Å². The molecule has 0 aromatic heterocycles. The molecule has 0 spiro atoms. The van der Waals surface area contributed by atoms with Crippen LogP contribution >= 0.6 is 17.2 Å². The standard InChI is InChI=1S/C39H34O6P2/c1-39(2,31-23-27-37(28-24-31)44-46(40-33-15-7-3-8-16-33)41-34-17-9-4-10-18-34)32-25-29-38(30-26-32)45-47(42-35-19-11-5-12-20-35)43-36-21-13-6-14-22-36/h3-30H,1-2H3. The van der Waals surface area contributed by atoms with Crippen molar-refractivity contribution in [2.45, 2.75) is 19.3 Å². The van der Waals surface area contributed by atoms with Crippen LogP contribution in [-0.2, 0) is 5.41 Å². The topological polar surface area (TPSA) is 55.4 Å². The summed E-state index contributed by atoms with van der Waals surface area (Å²) in [7, 11) is -3.50. The van der Waals surface area contributed by atoms with Gasteiger partial charge in [0.15, 0.2) is 0 Å². The Kier molecular flexibility index (Phi) is 10.5. The molecule has 0 saturated heterocycles. The molecule has 0 N–H and O–H groups in total. The lowest BCUT2D eigenvalue weighted by molar-refractivity contribution is 0.387. The van der Waals surface area contributed by atoms with Crippen LogP contribution in [-0.4, -0.2) is 0 Å². The molecular formula is C39H34O6P2. The van der Waals surface area contributed by atoms with Crippen LogP contribution in [0.1, 0.15) is 25.0 Å². The Hall–Kier alpha value is -5.02. The fraction of sp³-hybridized carbons (Fsp3) is 0.0769. The minimum atomic E-state index is -1.75. The molecule has 0 aliphatic rings. The number of hydrogen-bond acceptors (Lipinski definition) is 6. The Bertz CT molecular complexity index is 1570. The van der Waals surface area contributed by atoms with Crippen LogP contribution in [0.15, 0.2) is 170 Å². The molecule has 0 bridgehead atoms. The quantitative estimate of drug-likeness (QED) is 0.108. The van der Waals surface area contributed by atoms with Crippen LogP contribution < -0.4 is 27.1 Å². The largest absolute Gasteiger partial charge is 0.530 e. The van der Waals surface area contributed by atoms with Gasteiger partial charge in [-0.2, -0.15) is 0 Å². The number of benzene rings is 6. The van der Waals surface area contributed by atoms with E-state index in [4.69, 9.17) is 27.1 Å². The summed E-state index contributed by atoms with van der Waals surface area (Å²) in [6.45, 7) is 4.37. The lowest BCUT2D eigenvalue weighted by atomic mass is 9.78. The molecule has 0 radical (unpaired) electrons. The van der Waals surface area contributed by atoms with E-state index in [1.165, 1.54) is 0 Å². The lowest BCUT2D eigenvalue weighted by Crippen LogP contribution is -2.18. The van der Waals surface area contributed by atoms with Crippen molar-refractivity contribution in [3.05, 3.63) is 181 Å². The molecule has 8 heteroatoms. The van der Waals surface area contributed by atoms with Gasteiger partial charge in [-0.25, -0.2) is 0 Å². The van der Waals surface area contributed by atoms with E-state index in [-0.39, 0.29) is 5.41 Å². The molecular weight excluding hydrogens is 626 g/mol. The third kappa shape index (κ3) is 9.04. The van der Waals surface area contributed by atoms with Gasteiger partial charge in [0.05, 0.1) is 0 Å². The van der Waals surface area contributed by atoms with Crippen molar-refractivity contribution in [2.75, 3.05) is 0 Å². The van der Waals surface area contributed by atoms with Crippen molar-refractivity contribution in [3.63, 3.8) is 0 Å². The average molecular weight is 661 g/mol. The normalized spacial score (nSPS) is 11.1. The van der Waals surface area contributed by atoms with Gasteiger partial charge in [0, 0.05) is 5.41 Å². The molecule has 0 amide bonds. The van der Waals surface area contributed by atoms with E-state index >= 15 is 0 Å². The fourth-order valence-electron chi connectivity index (χ4n) is 4.59. The first-order chi connectivity index (χ1) is 23.0. The van der Waals surface area contributed by atoms with Crippen molar-refractivity contribution in [2.24, 2.45) is 0 Å². The van der Waals surface area contributed by atoms with Crippen LogP contribution in [0.3, 0.4) is 0 Å². The first-order valence-electron chi connectivity index (χ1n) is 15.1. The van der Waals surface area contributed by atoms with Crippen molar-refractivity contribution in [3.8, 4) is 34.5 Å². The first-order valence-corrected chi connectivity index (χ1v) is 17.3. The summed E-state index contributed by atoms with van der Waals surface area (Å²) in [6.07, 6.45) is 0. The Morgan fingerprint density at radius 2 is 0.511 bits per heavy atom. The average Bonchev–Trinajstić information content (AvgIpc) is 3.10. The van der Waals surface area contributed by atoms with Crippen molar-refractivity contribution >= 4 is 17.2 Å². The summed E-state index contributed by atoms with van der Waals surface area (Å²) in [4.78, 5) is 0. The minimum Gasteiger partial charge on any atom is -0.409 e. The zero-order chi connectivity index (χ0) is 32.3. The second kappa shape index (κ2) is 15.5. The highest BCUT2D eigenvalue weighted by Crippen LogP contribution is 2.44. The van der Waals surface area contributed by atoms with E-state index in [2.05, 4.69) is 38.1 Å². The fourth-order valence-corrected chi connectivity index (χ4v) is 6.57. The molecule has 0 unspecified atom stereocenters. The van der Waals surface area contributed by atoms with E-state index in [1.54, 1.807) is 0 Å². The first kappa shape index (κ1) is 31.9. The molecule has 0 aliphatic heterocycles. The van der Waals surface area contributed by atoms with Gasteiger partial charge in [-0.1, -0.05) is 111 Å². The van der Waals surface area contributed by atoms with Crippen molar-refractivity contribution in [1.82, 2.24) is 0 Å². The van der Waals surface area contributed by atoms with Gasteiger partial charge in [-0.15, -0.1) is 0 Å². The maximum atomic E-state index is 6.22. The molecule has 6 aromatic carbocycles. The summed E-state index contributed by atoms with van der Waals surface area (Å²) < 4.78 is 36.8. The summed E-state index contributed by atoms with van der Waals surface area (Å²) in [5.74, 6) is 3.99. The van der Waals surface area contributed by atoms with Crippen LogP contribution in [0.25, 0.3) is 0 Å². The number of hydrogen-bond donors (Lipinski definition) is 0. The third-order valence-corrected chi connectivity index (χ3v) is 9.36. The van der Waals surface area contributed by atoms with Gasteiger partial charge >= 0.3 is 17.2 Å². The molecule has 6 rings (SSSR count). The summed E-state index contributed by atoms with van der Waals surface area (Å²) >= 11 is 0. The second-order valence-electron chi connectivity index (χ2n) is 10.9. The van der Waals surface area contributed by atoms with E-state index in [0.717, 1.165) is 11.1 Å². The smallest absolute Gasteiger partial charge is 0.409 e. The Labute approximate surface area is 278 Å². The molecule has 0 atom stereocenters. The minimum absolute atomic E-state index is 0.297. The van der Waals surface area contributed by atoms with E-state index in [0.29, 0.717) is 34.5 Å². The molecule has 236 valence electrons. The lowest BCUT2D eigenvalue weighted by Gasteiger charge is -2.27. The second-order valence-corrected chi connectivity index (χ2v) is 12.9. The Morgan fingerprint density at radius 1 is 0.298 bits per heavy atom. The molecule has 6 nitrogen and oxygen atoms in total. The number of rotatable bonds is 14. The van der Waals surface area contributed by atoms with Gasteiger partial charge in [0.1, 0.15) is 34.5 Å². The molecule has 6 aromatic rings. The maximum absolute atomic E-state index is 6.22. The highest BCUT2D eigenvalue weighted by atomic mass is 31.2. The van der Waals surface area contributed by atoms with E-state index in [9.17, 15) is 0 Å². The third-order valence-electron chi connectivity index (χ3n) is 7.20. The highest BCUT2D eigenvalue weighted by Gasteiger charge is 2.26. The molecule has 47 heavy (non-hydrogen) atoms. The van der Waals surface area contributed by atoms with E-state index < -0.39 is 17.2 Å². The molecule has 0 aliphatic carbocycles. The van der Waals surface area contributed by atoms with Crippen LogP contribution in [0.5, 0.6) is 34.5 Å². The zero-order valence-corrected chi connectivity index (χ0v) is 27.8. The van der Waals surface area contributed by atoms with Gasteiger partial charge in [0.2, 0.25) is 0 Å². The zero-order valence-electron chi connectivity index (χ0n) is 26.0. The predicted octanol–water partition coefficient (Wildman–Crippen LogP) is 11.5. The van der Waals surface area contributed by atoms with Gasteiger partial charge in [0.25, 0.3) is 0 Å². The summed E-state index contributed by atoms with van der Waals surface area (Å²) in [5, 5.41) is 0. The monoisotopic (exact) mass is 660 g/mol. The number of para-hydroxylation sites is 4. The van der Waals surface area contributed by atoms with Gasteiger partial charge in [-0.3, -0.25) is 0 Å². The Morgan fingerprint density at radius 3 is 0.745 bits per heavy atom. The molecule has 0 saturated carbocycles. The van der Waals surface area contributed by atoms with Crippen molar-refractivity contribution in [1.29, 1.82) is 0 Å². The SMILES string of the molecule is CC(C)(c1ccc(OP(Oc2ccccc2)Oc2ccccc2)cc1)c1ccc(OP(Oc2ccccc2)Oc2ccccc2)cc1. The Balaban J connectivity index is 1.13. The summed E-state index contributed by atoms with van der Waals surface area (Å²) in [5.41, 5.74) is 1.95.